The first-order valence-corrected chi connectivity index (χ1v) is 9.20. The van der Waals surface area contributed by atoms with Gasteiger partial charge in [-0.05, 0) is 31.7 Å². The smallest absolute Gasteiger partial charge is 0.162 e. The number of benzene rings is 1. The van der Waals surface area contributed by atoms with E-state index in [0.29, 0.717) is 30.1 Å². The van der Waals surface area contributed by atoms with Gasteiger partial charge in [0.15, 0.2) is 11.5 Å². The van der Waals surface area contributed by atoms with Gasteiger partial charge in [-0.15, -0.1) is 0 Å². The molecule has 0 unspecified atom stereocenters. The van der Waals surface area contributed by atoms with Crippen molar-refractivity contribution in [3.8, 4) is 11.5 Å². The minimum absolute atomic E-state index is 0.317. The molecule has 0 radical (unpaired) electrons. The highest BCUT2D eigenvalue weighted by Gasteiger charge is 2.33. The molecule has 1 aromatic carbocycles. The molecule has 1 heterocycles. The van der Waals surface area contributed by atoms with E-state index < -0.39 is 0 Å². The van der Waals surface area contributed by atoms with Gasteiger partial charge in [-0.25, -0.2) is 0 Å². The van der Waals surface area contributed by atoms with Crippen LogP contribution in [0.4, 0.5) is 0 Å². The minimum Gasteiger partial charge on any atom is -0.504 e. The number of rotatable bonds is 5. The van der Waals surface area contributed by atoms with Crippen LogP contribution in [0.25, 0.3) is 0 Å². The van der Waals surface area contributed by atoms with E-state index >= 15 is 0 Å². The Labute approximate surface area is 139 Å². The molecule has 1 aromatic rings. The van der Waals surface area contributed by atoms with E-state index in [-0.39, 0.29) is 0 Å². The van der Waals surface area contributed by atoms with Gasteiger partial charge in [0.25, 0.3) is 0 Å². The number of piperazine rings is 1. The summed E-state index contributed by atoms with van der Waals surface area (Å²) in [6.07, 6.45) is 6.54. The third-order valence-electron chi connectivity index (χ3n) is 5.29. The lowest BCUT2D eigenvalue weighted by molar-refractivity contribution is 0.101. The van der Waals surface area contributed by atoms with Crippen LogP contribution in [-0.4, -0.2) is 42.8 Å². The summed E-state index contributed by atoms with van der Waals surface area (Å²) in [5.74, 6) is 1.62. The molecule has 4 nitrogen and oxygen atoms in total. The van der Waals surface area contributed by atoms with Crippen molar-refractivity contribution in [2.24, 2.45) is 5.92 Å². The molecule has 2 aliphatic rings. The van der Waals surface area contributed by atoms with Gasteiger partial charge in [-0.1, -0.05) is 31.4 Å². The zero-order valence-corrected chi connectivity index (χ0v) is 14.3. The van der Waals surface area contributed by atoms with Crippen LogP contribution in [-0.2, 0) is 0 Å². The molecule has 0 aromatic heterocycles. The maximum atomic E-state index is 10.8. The van der Waals surface area contributed by atoms with E-state index in [9.17, 15) is 5.11 Å². The van der Waals surface area contributed by atoms with Gasteiger partial charge >= 0.3 is 0 Å². The lowest BCUT2D eigenvalue weighted by atomic mass is 9.80. The van der Waals surface area contributed by atoms with Crippen LogP contribution in [0.5, 0.6) is 11.5 Å². The van der Waals surface area contributed by atoms with Crippen molar-refractivity contribution in [2.45, 2.75) is 45.1 Å². The highest BCUT2D eigenvalue weighted by atomic mass is 16.5. The lowest BCUT2D eigenvalue weighted by Gasteiger charge is -2.41. The Morgan fingerprint density at radius 3 is 2.65 bits per heavy atom. The molecule has 2 N–H and O–H groups in total. The Kier molecular flexibility index (Phi) is 5.79. The van der Waals surface area contributed by atoms with Crippen molar-refractivity contribution >= 4 is 0 Å². The second-order valence-electron chi connectivity index (χ2n) is 6.76. The third kappa shape index (κ3) is 3.81. The predicted octanol–water partition coefficient (Wildman–Crippen LogP) is 3.32. The summed E-state index contributed by atoms with van der Waals surface area (Å²) in [6.45, 7) is 6.73. The van der Waals surface area contributed by atoms with E-state index in [4.69, 9.17) is 4.74 Å². The second kappa shape index (κ2) is 8.02. The number of nitrogens with zero attached hydrogens (tertiary/aromatic N) is 1. The lowest BCUT2D eigenvalue weighted by Crippen LogP contribution is -2.47. The first kappa shape index (κ1) is 16.6. The molecule has 128 valence electrons. The first-order valence-electron chi connectivity index (χ1n) is 9.20. The number of nitrogens with one attached hydrogen (secondary N) is 1. The Hall–Kier alpha value is -1.26. The van der Waals surface area contributed by atoms with Crippen molar-refractivity contribution in [1.29, 1.82) is 0 Å². The number of phenols is 1. The fourth-order valence-corrected chi connectivity index (χ4v) is 4.21. The average Bonchev–Trinajstić information content (AvgIpc) is 2.60. The second-order valence-corrected chi connectivity index (χ2v) is 6.76. The number of ether oxygens (including phenoxy) is 1. The van der Waals surface area contributed by atoms with E-state index in [2.05, 4.69) is 16.3 Å². The fourth-order valence-electron chi connectivity index (χ4n) is 4.21. The van der Waals surface area contributed by atoms with Gasteiger partial charge in [0.2, 0.25) is 0 Å². The topological polar surface area (TPSA) is 44.7 Å². The van der Waals surface area contributed by atoms with Gasteiger partial charge in [0.1, 0.15) is 0 Å². The zero-order valence-electron chi connectivity index (χ0n) is 14.3. The summed E-state index contributed by atoms with van der Waals surface area (Å²) in [5.41, 5.74) is 1.06. The predicted molar refractivity (Wildman–Crippen MR) is 93.0 cm³/mol. The highest BCUT2D eigenvalue weighted by Crippen LogP contribution is 2.44. The quantitative estimate of drug-likeness (QED) is 0.874. The maximum absolute atomic E-state index is 10.8. The fraction of sp³-hybridized carbons (Fsp3) is 0.684. The standard InChI is InChI=1S/C19H30N2O2/c1-2-23-17-10-6-9-16(19(17)22)18(15-7-4-3-5-8-15)21-13-11-20-12-14-21/h6,9-10,15,18,20,22H,2-5,7-8,11-14H2,1H3/t18-/m0/s1. The molecule has 3 rings (SSSR count). The molecule has 23 heavy (non-hydrogen) atoms. The van der Waals surface area contributed by atoms with Gasteiger partial charge in [0, 0.05) is 37.8 Å². The number of hydrogen-bond acceptors (Lipinski definition) is 4. The van der Waals surface area contributed by atoms with Gasteiger partial charge < -0.3 is 15.2 Å². The summed E-state index contributed by atoms with van der Waals surface area (Å²) in [7, 11) is 0. The largest absolute Gasteiger partial charge is 0.504 e. The summed E-state index contributed by atoms with van der Waals surface area (Å²) in [6, 6.07) is 6.31. The van der Waals surface area contributed by atoms with E-state index in [1.165, 1.54) is 32.1 Å². The normalized spacial score (nSPS) is 22.0. The number of hydrogen-bond donors (Lipinski definition) is 2. The summed E-state index contributed by atoms with van der Waals surface area (Å²) in [5, 5.41) is 14.2. The van der Waals surface area contributed by atoms with Crippen molar-refractivity contribution in [3.63, 3.8) is 0 Å². The van der Waals surface area contributed by atoms with E-state index in [1.807, 2.05) is 19.1 Å². The Bertz CT molecular complexity index is 476. The molecule has 2 fully saturated rings. The highest BCUT2D eigenvalue weighted by molar-refractivity contribution is 5.47. The SMILES string of the molecule is CCOc1cccc([C@H](C2CCCCC2)N2CCNCC2)c1O. The first-order chi connectivity index (χ1) is 11.3. The van der Waals surface area contributed by atoms with Crippen molar-refractivity contribution < 1.29 is 9.84 Å². The molecule has 4 heteroatoms. The number of phenolic OH excluding ortho intramolecular Hbond substituents is 1. The maximum Gasteiger partial charge on any atom is 0.162 e. The van der Waals surface area contributed by atoms with E-state index in [0.717, 1.165) is 31.7 Å². The summed E-state index contributed by atoms with van der Waals surface area (Å²) < 4.78 is 5.62. The molecule has 1 atom stereocenters. The molecular weight excluding hydrogens is 288 g/mol. The molecular formula is C19H30N2O2. The minimum atomic E-state index is 0.317. The van der Waals surface area contributed by atoms with Crippen molar-refractivity contribution in [1.82, 2.24) is 10.2 Å². The molecule has 0 spiro atoms. The van der Waals surface area contributed by atoms with Crippen LogP contribution in [0.15, 0.2) is 18.2 Å². The Morgan fingerprint density at radius 1 is 1.22 bits per heavy atom. The number of aromatic hydroxyl groups is 1. The van der Waals surface area contributed by atoms with Gasteiger partial charge in [-0.3, -0.25) is 4.90 Å². The third-order valence-corrected chi connectivity index (χ3v) is 5.29. The van der Waals surface area contributed by atoms with Crippen molar-refractivity contribution in [2.75, 3.05) is 32.8 Å². The summed E-state index contributed by atoms with van der Waals surface area (Å²) in [4.78, 5) is 2.57. The molecule has 0 amide bonds. The van der Waals surface area contributed by atoms with Gasteiger partial charge in [0.05, 0.1) is 6.61 Å². The van der Waals surface area contributed by atoms with Crippen LogP contribution in [0.1, 0.15) is 50.6 Å². The summed E-state index contributed by atoms with van der Waals surface area (Å²) >= 11 is 0. The van der Waals surface area contributed by atoms with Crippen LogP contribution in [0.3, 0.4) is 0 Å². The average molecular weight is 318 g/mol. The molecule has 1 aliphatic carbocycles. The molecule has 1 aliphatic heterocycles. The van der Waals surface area contributed by atoms with Crippen LogP contribution in [0, 0.1) is 5.92 Å². The zero-order chi connectivity index (χ0) is 16.1. The Morgan fingerprint density at radius 2 is 1.96 bits per heavy atom. The van der Waals surface area contributed by atoms with Crippen molar-refractivity contribution in [3.05, 3.63) is 23.8 Å². The van der Waals surface area contributed by atoms with Crippen LogP contribution >= 0.6 is 0 Å². The number of para-hydroxylation sites is 1. The molecule has 0 bridgehead atoms. The van der Waals surface area contributed by atoms with E-state index in [1.54, 1.807) is 0 Å². The van der Waals surface area contributed by atoms with Crippen LogP contribution in [0.2, 0.25) is 0 Å². The molecule has 1 saturated carbocycles. The monoisotopic (exact) mass is 318 g/mol. The van der Waals surface area contributed by atoms with Gasteiger partial charge in [-0.2, -0.15) is 0 Å². The Balaban J connectivity index is 1.91. The van der Waals surface area contributed by atoms with Crippen LogP contribution < -0.4 is 10.1 Å². The molecule has 1 saturated heterocycles.